The van der Waals surface area contributed by atoms with Gasteiger partial charge in [-0.05, 0) is 38.8 Å². The minimum atomic E-state index is -3.13. The molecule has 2 fully saturated rings. The quantitative estimate of drug-likeness (QED) is 0.728. The van der Waals surface area contributed by atoms with Crippen molar-refractivity contribution in [3.05, 3.63) is 0 Å². The summed E-state index contributed by atoms with van der Waals surface area (Å²) >= 11 is 0. The molecule has 0 unspecified atom stereocenters. The van der Waals surface area contributed by atoms with Crippen LogP contribution in [0.2, 0.25) is 0 Å². The summed E-state index contributed by atoms with van der Waals surface area (Å²) in [6.07, 6.45) is 3.03. The minimum Gasteiger partial charge on any atom is -0.381 e. The van der Waals surface area contributed by atoms with Gasteiger partial charge in [0.25, 0.3) is 0 Å². The van der Waals surface area contributed by atoms with E-state index in [4.69, 9.17) is 4.74 Å². The van der Waals surface area contributed by atoms with Gasteiger partial charge >= 0.3 is 0 Å². The van der Waals surface area contributed by atoms with Gasteiger partial charge in [0.15, 0.2) is 0 Å². The highest BCUT2D eigenvalue weighted by Crippen LogP contribution is 2.15. The van der Waals surface area contributed by atoms with Crippen LogP contribution in [-0.2, 0) is 14.8 Å². The molecule has 0 aromatic heterocycles. The smallest absolute Gasteiger partial charge is 0.214 e. The molecule has 0 aromatic carbocycles. The summed E-state index contributed by atoms with van der Waals surface area (Å²) in [5.41, 5.74) is 0. The van der Waals surface area contributed by atoms with Crippen molar-refractivity contribution in [2.24, 2.45) is 0 Å². The molecule has 16 heavy (non-hydrogen) atoms. The molecule has 0 radical (unpaired) electrons. The third-order valence-corrected chi connectivity index (χ3v) is 5.29. The van der Waals surface area contributed by atoms with Gasteiger partial charge in [0.05, 0.1) is 5.25 Å². The molecule has 5 nitrogen and oxygen atoms in total. The molecule has 94 valence electrons. The zero-order valence-corrected chi connectivity index (χ0v) is 10.3. The van der Waals surface area contributed by atoms with Crippen molar-refractivity contribution < 1.29 is 13.2 Å². The monoisotopic (exact) mass is 248 g/mol. The number of nitrogens with one attached hydrogen (secondary N) is 2. The van der Waals surface area contributed by atoms with Crippen LogP contribution in [0.1, 0.15) is 25.7 Å². The number of piperidine rings is 1. The third kappa shape index (κ3) is 3.16. The van der Waals surface area contributed by atoms with Gasteiger partial charge in [0.2, 0.25) is 10.0 Å². The van der Waals surface area contributed by atoms with E-state index in [1.54, 1.807) is 0 Å². The summed E-state index contributed by atoms with van der Waals surface area (Å²) in [4.78, 5) is 0. The molecule has 2 heterocycles. The predicted octanol–water partition coefficient (Wildman–Crippen LogP) is -0.163. The van der Waals surface area contributed by atoms with Crippen LogP contribution in [0.3, 0.4) is 0 Å². The van der Waals surface area contributed by atoms with Gasteiger partial charge in [-0.2, -0.15) is 0 Å². The van der Waals surface area contributed by atoms with Crippen LogP contribution < -0.4 is 10.0 Å². The Morgan fingerprint density at radius 1 is 1.06 bits per heavy atom. The van der Waals surface area contributed by atoms with Gasteiger partial charge in [0.1, 0.15) is 0 Å². The molecule has 0 aromatic rings. The van der Waals surface area contributed by atoms with Gasteiger partial charge in [-0.3, -0.25) is 0 Å². The lowest BCUT2D eigenvalue weighted by atomic mass is 10.1. The molecule has 0 bridgehead atoms. The largest absolute Gasteiger partial charge is 0.381 e. The van der Waals surface area contributed by atoms with E-state index in [-0.39, 0.29) is 11.3 Å². The Hall–Kier alpha value is -0.170. The fourth-order valence-electron chi connectivity index (χ4n) is 2.25. The first kappa shape index (κ1) is 12.3. The van der Waals surface area contributed by atoms with Gasteiger partial charge in [-0.25, -0.2) is 13.1 Å². The topological polar surface area (TPSA) is 67.4 Å². The second-order valence-corrected chi connectivity index (χ2v) is 6.49. The van der Waals surface area contributed by atoms with Gasteiger partial charge in [-0.15, -0.1) is 0 Å². The maximum absolute atomic E-state index is 12.1. The molecule has 2 aliphatic heterocycles. The van der Waals surface area contributed by atoms with Crippen molar-refractivity contribution in [2.75, 3.05) is 26.3 Å². The Kier molecular flexibility index (Phi) is 4.18. The summed E-state index contributed by atoms with van der Waals surface area (Å²) in [5, 5.41) is 2.97. The second kappa shape index (κ2) is 5.44. The number of rotatable bonds is 3. The molecular formula is C10H20N2O3S. The molecule has 2 N–H and O–H groups in total. The van der Waals surface area contributed by atoms with Crippen LogP contribution in [0.25, 0.3) is 0 Å². The van der Waals surface area contributed by atoms with Crippen LogP contribution in [0.15, 0.2) is 0 Å². The lowest BCUT2D eigenvalue weighted by Gasteiger charge is -2.28. The minimum absolute atomic E-state index is 0.0774. The first-order chi connectivity index (χ1) is 7.68. The van der Waals surface area contributed by atoms with Crippen LogP contribution in [0.4, 0.5) is 0 Å². The van der Waals surface area contributed by atoms with Gasteiger partial charge < -0.3 is 10.1 Å². The Morgan fingerprint density at radius 3 is 2.31 bits per heavy atom. The molecule has 0 spiro atoms. The maximum Gasteiger partial charge on any atom is 0.214 e. The molecule has 0 saturated carbocycles. The highest BCUT2D eigenvalue weighted by Gasteiger charge is 2.29. The fraction of sp³-hybridized carbons (Fsp3) is 1.00. The molecule has 2 saturated heterocycles. The standard InChI is InChI=1S/C10H20N2O3S/c13-16(14,10-1-5-11-6-2-10)12-9-3-7-15-8-4-9/h9-12H,1-8H2. The van der Waals surface area contributed by atoms with Gasteiger partial charge in [0, 0.05) is 19.3 Å². The molecule has 6 heteroatoms. The number of ether oxygens (including phenoxy) is 1. The highest BCUT2D eigenvalue weighted by molar-refractivity contribution is 7.90. The summed E-state index contributed by atoms with van der Waals surface area (Å²) in [5.74, 6) is 0. The summed E-state index contributed by atoms with van der Waals surface area (Å²) in [6.45, 7) is 2.94. The molecule has 2 rings (SSSR count). The van der Waals surface area contributed by atoms with E-state index in [2.05, 4.69) is 10.0 Å². The van der Waals surface area contributed by atoms with Crippen molar-refractivity contribution in [3.63, 3.8) is 0 Å². The molecular weight excluding hydrogens is 228 g/mol. The Labute approximate surface area is 97.0 Å². The maximum atomic E-state index is 12.1. The van der Waals surface area contributed by atoms with Crippen molar-refractivity contribution >= 4 is 10.0 Å². The van der Waals surface area contributed by atoms with Crippen LogP contribution in [-0.4, -0.2) is 46.0 Å². The molecule has 0 amide bonds. The highest BCUT2D eigenvalue weighted by atomic mass is 32.2. The van der Waals surface area contributed by atoms with E-state index in [1.807, 2.05) is 0 Å². The van der Waals surface area contributed by atoms with E-state index in [0.29, 0.717) is 13.2 Å². The first-order valence-electron chi connectivity index (χ1n) is 5.98. The van der Waals surface area contributed by atoms with E-state index >= 15 is 0 Å². The van der Waals surface area contributed by atoms with Crippen molar-refractivity contribution in [1.82, 2.24) is 10.0 Å². The molecule has 0 atom stereocenters. The van der Waals surface area contributed by atoms with E-state index < -0.39 is 10.0 Å². The average Bonchev–Trinajstić information content (AvgIpc) is 2.31. The molecule has 0 aliphatic carbocycles. The summed E-state index contributed by atoms with van der Waals surface area (Å²) in [7, 11) is -3.13. The number of hydrogen-bond acceptors (Lipinski definition) is 4. The van der Waals surface area contributed by atoms with E-state index in [1.165, 1.54) is 0 Å². The van der Waals surface area contributed by atoms with Crippen LogP contribution in [0, 0.1) is 0 Å². The van der Waals surface area contributed by atoms with Crippen molar-refractivity contribution in [3.8, 4) is 0 Å². The van der Waals surface area contributed by atoms with Gasteiger partial charge in [-0.1, -0.05) is 0 Å². The SMILES string of the molecule is O=S(=O)(NC1CCOCC1)C1CCNCC1. The van der Waals surface area contributed by atoms with Crippen LogP contribution in [0.5, 0.6) is 0 Å². The van der Waals surface area contributed by atoms with E-state index in [0.717, 1.165) is 38.8 Å². The summed E-state index contributed by atoms with van der Waals surface area (Å²) < 4.78 is 32.2. The first-order valence-corrected chi connectivity index (χ1v) is 7.53. The number of sulfonamides is 1. The molecule has 2 aliphatic rings. The zero-order chi connectivity index (χ0) is 11.4. The van der Waals surface area contributed by atoms with Crippen molar-refractivity contribution in [1.29, 1.82) is 0 Å². The number of hydrogen-bond donors (Lipinski definition) is 2. The lowest BCUT2D eigenvalue weighted by molar-refractivity contribution is 0.0831. The third-order valence-electron chi connectivity index (χ3n) is 3.28. The normalized spacial score (nSPS) is 25.8. The average molecular weight is 248 g/mol. The Balaban J connectivity index is 1.90. The Morgan fingerprint density at radius 2 is 1.69 bits per heavy atom. The predicted molar refractivity (Wildman–Crippen MR) is 61.8 cm³/mol. The lowest BCUT2D eigenvalue weighted by Crippen LogP contribution is -2.46. The van der Waals surface area contributed by atoms with Crippen LogP contribution >= 0.6 is 0 Å². The van der Waals surface area contributed by atoms with Crippen molar-refractivity contribution in [2.45, 2.75) is 37.0 Å². The zero-order valence-electron chi connectivity index (χ0n) is 9.44. The summed E-state index contributed by atoms with van der Waals surface area (Å²) in [6, 6.07) is 0.0774. The second-order valence-electron chi connectivity index (χ2n) is 4.50. The van der Waals surface area contributed by atoms with E-state index in [9.17, 15) is 8.42 Å². The Bertz CT molecular complexity index is 306. The fourth-order valence-corrected chi connectivity index (χ4v) is 4.00.